The monoisotopic (exact) mass is 238 g/mol. The summed E-state index contributed by atoms with van der Waals surface area (Å²) in [4.78, 5) is 2.21. The van der Waals surface area contributed by atoms with Crippen LogP contribution in [-0.4, -0.2) is 40.5 Å². The summed E-state index contributed by atoms with van der Waals surface area (Å²) in [6.45, 7) is 5.06. The van der Waals surface area contributed by atoms with Crippen LogP contribution in [-0.2, 0) is 9.47 Å². The number of benzene rings is 1. The van der Waals surface area contributed by atoms with E-state index >= 15 is 0 Å². The molecule has 0 radical (unpaired) electrons. The minimum absolute atomic E-state index is 0.692. The minimum atomic E-state index is 0.692. The number of methoxy groups -OCH3 is 2. The van der Waals surface area contributed by atoms with Gasteiger partial charge in [0.25, 0.3) is 0 Å². The normalized spacial score (nSPS) is 10.5. The van der Waals surface area contributed by atoms with Gasteiger partial charge in [0.1, 0.15) is 0 Å². The molecular weight excluding hydrogens is 216 g/mol. The molecule has 4 heteroatoms. The molecule has 0 aromatic heterocycles. The molecule has 0 bridgehead atoms. The minimum Gasteiger partial charge on any atom is -0.398 e. The van der Waals surface area contributed by atoms with Gasteiger partial charge in [0.05, 0.1) is 13.2 Å². The molecule has 96 valence electrons. The second-order valence-corrected chi connectivity index (χ2v) is 4.01. The van der Waals surface area contributed by atoms with Gasteiger partial charge in [-0.25, -0.2) is 0 Å². The van der Waals surface area contributed by atoms with Crippen LogP contribution < -0.4 is 10.6 Å². The van der Waals surface area contributed by atoms with Gasteiger partial charge >= 0.3 is 0 Å². The summed E-state index contributed by atoms with van der Waals surface area (Å²) >= 11 is 0. The highest BCUT2D eigenvalue weighted by Gasteiger charge is 2.07. The Balaban J connectivity index is 2.75. The molecule has 0 spiro atoms. The van der Waals surface area contributed by atoms with E-state index in [0.717, 1.165) is 30.0 Å². The topological polar surface area (TPSA) is 47.7 Å². The SMILES string of the molecule is COCCN(CCOC)c1ccc(C)c(N)c1. The highest BCUT2D eigenvalue weighted by Crippen LogP contribution is 2.20. The van der Waals surface area contributed by atoms with Crippen LogP contribution in [0.1, 0.15) is 5.56 Å². The van der Waals surface area contributed by atoms with Crippen LogP contribution in [0.15, 0.2) is 18.2 Å². The van der Waals surface area contributed by atoms with Gasteiger partial charge in [0, 0.05) is 38.7 Å². The fraction of sp³-hybridized carbons (Fsp3) is 0.538. The Kier molecular flexibility index (Phi) is 5.80. The summed E-state index contributed by atoms with van der Waals surface area (Å²) < 4.78 is 10.2. The molecule has 0 fully saturated rings. The van der Waals surface area contributed by atoms with E-state index < -0.39 is 0 Å². The van der Waals surface area contributed by atoms with Crippen LogP contribution in [0, 0.1) is 6.92 Å². The van der Waals surface area contributed by atoms with Gasteiger partial charge in [-0.3, -0.25) is 0 Å². The molecule has 2 N–H and O–H groups in total. The maximum Gasteiger partial charge on any atom is 0.0637 e. The summed E-state index contributed by atoms with van der Waals surface area (Å²) in [5.41, 5.74) is 8.97. The molecule has 0 saturated carbocycles. The van der Waals surface area contributed by atoms with Crippen LogP contribution >= 0.6 is 0 Å². The lowest BCUT2D eigenvalue weighted by atomic mass is 10.1. The maximum absolute atomic E-state index is 5.93. The Hall–Kier alpha value is -1.26. The number of nitrogen functional groups attached to an aromatic ring is 1. The van der Waals surface area contributed by atoms with E-state index in [1.54, 1.807) is 14.2 Å². The average molecular weight is 238 g/mol. The van der Waals surface area contributed by atoms with Crippen molar-refractivity contribution in [2.75, 3.05) is 51.2 Å². The molecule has 0 aliphatic carbocycles. The molecule has 1 aromatic rings. The molecule has 0 heterocycles. The largest absolute Gasteiger partial charge is 0.398 e. The lowest BCUT2D eigenvalue weighted by Gasteiger charge is -2.24. The second kappa shape index (κ2) is 7.14. The number of hydrogen-bond donors (Lipinski definition) is 1. The Bertz CT molecular complexity index is 334. The molecule has 0 unspecified atom stereocenters. The molecular formula is C13H22N2O2. The van der Waals surface area contributed by atoms with Crippen molar-refractivity contribution in [1.29, 1.82) is 0 Å². The quantitative estimate of drug-likeness (QED) is 0.734. The number of aryl methyl sites for hydroxylation is 1. The summed E-state index contributed by atoms with van der Waals surface area (Å²) in [6.07, 6.45) is 0. The molecule has 17 heavy (non-hydrogen) atoms. The molecule has 0 saturated heterocycles. The molecule has 0 amide bonds. The average Bonchev–Trinajstić information content (AvgIpc) is 2.33. The summed E-state index contributed by atoms with van der Waals surface area (Å²) in [5.74, 6) is 0. The Morgan fingerprint density at radius 2 is 1.71 bits per heavy atom. The first-order chi connectivity index (χ1) is 8.19. The van der Waals surface area contributed by atoms with Gasteiger partial charge in [0.2, 0.25) is 0 Å². The standard InChI is InChI=1S/C13H22N2O2/c1-11-4-5-12(10-13(11)14)15(6-8-16-2)7-9-17-3/h4-5,10H,6-9,14H2,1-3H3. The summed E-state index contributed by atoms with van der Waals surface area (Å²) in [7, 11) is 3.41. The van der Waals surface area contributed by atoms with Gasteiger partial charge < -0.3 is 20.1 Å². The van der Waals surface area contributed by atoms with E-state index in [1.807, 2.05) is 19.1 Å². The first-order valence-electron chi connectivity index (χ1n) is 5.78. The third-order valence-corrected chi connectivity index (χ3v) is 2.76. The van der Waals surface area contributed by atoms with E-state index in [1.165, 1.54) is 0 Å². The Labute approximate surface area is 103 Å². The fourth-order valence-corrected chi connectivity index (χ4v) is 1.60. The van der Waals surface area contributed by atoms with Crippen molar-refractivity contribution in [3.8, 4) is 0 Å². The maximum atomic E-state index is 5.93. The number of rotatable bonds is 7. The summed E-state index contributed by atoms with van der Waals surface area (Å²) in [5, 5.41) is 0. The third-order valence-electron chi connectivity index (χ3n) is 2.76. The van der Waals surface area contributed by atoms with Crippen LogP contribution in [0.3, 0.4) is 0 Å². The molecule has 1 aromatic carbocycles. The highest BCUT2D eigenvalue weighted by molar-refractivity contribution is 5.59. The van der Waals surface area contributed by atoms with Crippen molar-refractivity contribution in [2.45, 2.75) is 6.92 Å². The highest BCUT2D eigenvalue weighted by atomic mass is 16.5. The van der Waals surface area contributed by atoms with Gasteiger partial charge in [-0.1, -0.05) is 6.07 Å². The number of ether oxygens (including phenoxy) is 2. The van der Waals surface area contributed by atoms with Crippen molar-refractivity contribution < 1.29 is 9.47 Å². The van der Waals surface area contributed by atoms with Crippen molar-refractivity contribution in [3.63, 3.8) is 0 Å². The van der Waals surface area contributed by atoms with Gasteiger partial charge in [-0.15, -0.1) is 0 Å². The van der Waals surface area contributed by atoms with E-state index in [2.05, 4.69) is 11.0 Å². The van der Waals surface area contributed by atoms with Crippen LogP contribution in [0.4, 0.5) is 11.4 Å². The number of nitrogens with zero attached hydrogens (tertiary/aromatic N) is 1. The molecule has 0 aliphatic heterocycles. The van der Waals surface area contributed by atoms with E-state index in [0.29, 0.717) is 13.2 Å². The van der Waals surface area contributed by atoms with E-state index in [9.17, 15) is 0 Å². The Morgan fingerprint density at radius 3 is 2.18 bits per heavy atom. The van der Waals surface area contributed by atoms with Crippen molar-refractivity contribution in [2.24, 2.45) is 0 Å². The zero-order valence-electron chi connectivity index (χ0n) is 10.9. The van der Waals surface area contributed by atoms with Gasteiger partial charge in [-0.05, 0) is 24.6 Å². The first-order valence-corrected chi connectivity index (χ1v) is 5.78. The molecule has 0 aliphatic rings. The van der Waals surface area contributed by atoms with Gasteiger partial charge in [-0.2, -0.15) is 0 Å². The summed E-state index contributed by atoms with van der Waals surface area (Å²) in [6, 6.07) is 6.12. The zero-order valence-corrected chi connectivity index (χ0v) is 10.9. The Morgan fingerprint density at radius 1 is 1.12 bits per heavy atom. The van der Waals surface area contributed by atoms with Gasteiger partial charge in [0.15, 0.2) is 0 Å². The zero-order chi connectivity index (χ0) is 12.7. The lowest BCUT2D eigenvalue weighted by Crippen LogP contribution is -2.30. The van der Waals surface area contributed by atoms with Crippen LogP contribution in [0.5, 0.6) is 0 Å². The second-order valence-electron chi connectivity index (χ2n) is 4.01. The number of nitrogens with two attached hydrogens (primary N) is 1. The van der Waals surface area contributed by atoms with E-state index in [-0.39, 0.29) is 0 Å². The first kappa shape index (κ1) is 13.8. The molecule has 4 nitrogen and oxygen atoms in total. The number of hydrogen-bond acceptors (Lipinski definition) is 4. The molecule has 0 atom stereocenters. The number of anilines is 2. The predicted octanol–water partition coefficient (Wildman–Crippen LogP) is 1.68. The van der Waals surface area contributed by atoms with Crippen LogP contribution in [0.2, 0.25) is 0 Å². The van der Waals surface area contributed by atoms with E-state index in [4.69, 9.17) is 15.2 Å². The van der Waals surface area contributed by atoms with Crippen molar-refractivity contribution >= 4 is 11.4 Å². The van der Waals surface area contributed by atoms with Crippen molar-refractivity contribution in [3.05, 3.63) is 23.8 Å². The lowest BCUT2D eigenvalue weighted by molar-refractivity contribution is 0.190. The third kappa shape index (κ3) is 4.24. The fourth-order valence-electron chi connectivity index (χ4n) is 1.60. The van der Waals surface area contributed by atoms with Crippen molar-refractivity contribution in [1.82, 2.24) is 0 Å². The molecule has 1 rings (SSSR count). The predicted molar refractivity (Wildman–Crippen MR) is 71.6 cm³/mol. The smallest absolute Gasteiger partial charge is 0.0637 e. The van der Waals surface area contributed by atoms with Crippen LogP contribution in [0.25, 0.3) is 0 Å².